The quantitative estimate of drug-likeness (QED) is 0.541. The van der Waals surface area contributed by atoms with Crippen LogP contribution in [0.3, 0.4) is 0 Å². The number of aromatic carboxylic acids is 1. The molecular formula is C26H25NO4. The molecule has 0 saturated carbocycles. The van der Waals surface area contributed by atoms with Crippen molar-refractivity contribution < 1.29 is 19.5 Å². The van der Waals surface area contributed by atoms with E-state index < -0.39 is 5.97 Å². The van der Waals surface area contributed by atoms with Crippen molar-refractivity contribution >= 4 is 23.3 Å². The summed E-state index contributed by atoms with van der Waals surface area (Å²) in [6, 6.07) is 18.4. The third-order valence-electron chi connectivity index (χ3n) is 5.04. The molecule has 0 saturated heterocycles. The van der Waals surface area contributed by atoms with Gasteiger partial charge in [-0.2, -0.15) is 0 Å². The lowest BCUT2D eigenvalue weighted by Gasteiger charge is -2.23. The van der Waals surface area contributed by atoms with E-state index in [1.165, 1.54) is 24.3 Å². The number of ketones is 1. The standard InChI is InChI=1S/C26H25NO4/c1-16-5-7-17(8-6-16)23(28)21-15-19(11-14-22(21)26(2,3)4)24(29)27-20-12-9-18(10-13-20)25(30)31/h5-15H,1-4H3,(H,27,29)(H,30,31). The lowest BCUT2D eigenvalue weighted by molar-refractivity contribution is 0.0696. The Balaban J connectivity index is 1.95. The smallest absolute Gasteiger partial charge is 0.335 e. The number of rotatable bonds is 5. The number of hydrogen-bond acceptors (Lipinski definition) is 3. The molecule has 0 heterocycles. The molecule has 158 valence electrons. The highest BCUT2D eigenvalue weighted by atomic mass is 16.4. The van der Waals surface area contributed by atoms with Gasteiger partial charge in [0, 0.05) is 22.4 Å². The fraction of sp³-hybridized carbons (Fsp3) is 0.192. The van der Waals surface area contributed by atoms with Crippen LogP contribution in [0.5, 0.6) is 0 Å². The highest BCUT2D eigenvalue weighted by Gasteiger charge is 2.24. The average Bonchev–Trinajstić information content (AvgIpc) is 2.73. The van der Waals surface area contributed by atoms with Gasteiger partial charge in [0.1, 0.15) is 0 Å². The first-order valence-corrected chi connectivity index (χ1v) is 9.97. The van der Waals surface area contributed by atoms with E-state index in [1.807, 2.05) is 45.9 Å². The Morgan fingerprint density at radius 2 is 1.32 bits per heavy atom. The van der Waals surface area contributed by atoms with Gasteiger partial charge in [-0.15, -0.1) is 0 Å². The minimum atomic E-state index is -1.03. The van der Waals surface area contributed by atoms with Gasteiger partial charge in [0.2, 0.25) is 0 Å². The third-order valence-corrected chi connectivity index (χ3v) is 5.04. The average molecular weight is 415 g/mol. The molecule has 5 heteroatoms. The van der Waals surface area contributed by atoms with E-state index in [-0.39, 0.29) is 22.7 Å². The van der Waals surface area contributed by atoms with E-state index in [9.17, 15) is 14.4 Å². The fourth-order valence-corrected chi connectivity index (χ4v) is 3.29. The fourth-order valence-electron chi connectivity index (χ4n) is 3.29. The number of hydrogen-bond donors (Lipinski definition) is 2. The summed E-state index contributed by atoms with van der Waals surface area (Å²) in [7, 11) is 0. The molecule has 0 radical (unpaired) electrons. The Morgan fingerprint density at radius 1 is 0.774 bits per heavy atom. The van der Waals surface area contributed by atoms with E-state index in [4.69, 9.17) is 5.11 Å². The minimum absolute atomic E-state index is 0.134. The number of amides is 1. The number of aryl methyl sites for hydroxylation is 1. The van der Waals surface area contributed by atoms with Crippen LogP contribution in [0.2, 0.25) is 0 Å². The van der Waals surface area contributed by atoms with Gasteiger partial charge >= 0.3 is 5.97 Å². The van der Waals surface area contributed by atoms with Crippen LogP contribution >= 0.6 is 0 Å². The molecule has 0 aliphatic carbocycles. The number of anilines is 1. The number of nitrogens with one attached hydrogen (secondary N) is 1. The topological polar surface area (TPSA) is 83.5 Å². The normalized spacial score (nSPS) is 11.1. The van der Waals surface area contributed by atoms with E-state index >= 15 is 0 Å². The molecule has 3 aromatic carbocycles. The molecule has 0 aliphatic heterocycles. The summed E-state index contributed by atoms with van der Waals surface area (Å²) in [5.41, 5.74) is 3.67. The first-order chi connectivity index (χ1) is 14.6. The van der Waals surface area contributed by atoms with Gasteiger partial charge < -0.3 is 10.4 Å². The second-order valence-corrected chi connectivity index (χ2v) is 8.54. The molecule has 31 heavy (non-hydrogen) atoms. The second kappa shape index (κ2) is 8.56. The van der Waals surface area contributed by atoms with E-state index in [1.54, 1.807) is 24.3 Å². The molecule has 1 amide bonds. The largest absolute Gasteiger partial charge is 0.478 e. The predicted molar refractivity (Wildman–Crippen MR) is 121 cm³/mol. The van der Waals surface area contributed by atoms with Gasteiger partial charge in [0.25, 0.3) is 5.91 Å². The maximum atomic E-state index is 13.3. The zero-order valence-corrected chi connectivity index (χ0v) is 18.0. The van der Waals surface area contributed by atoms with Crippen LogP contribution in [0.4, 0.5) is 5.69 Å². The Morgan fingerprint density at radius 3 is 1.87 bits per heavy atom. The number of carboxylic acids is 1. The van der Waals surface area contributed by atoms with Crippen LogP contribution in [0.1, 0.15) is 68.5 Å². The summed E-state index contributed by atoms with van der Waals surface area (Å²) in [4.78, 5) is 37.1. The molecule has 0 atom stereocenters. The second-order valence-electron chi connectivity index (χ2n) is 8.54. The first-order valence-electron chi connectivity index (χ1n) is 9.97. The SMILES string of the molecule is Cc1ccc(C(=O)c2cc(C(=O)Nc3ccc(C(=O)O)cc3)ccc2C(C)(C)C)cc1. The van der Waals surface area contributed by atoms with Crippen LogP contribution in [0.25, 0.3) is 0 Å². The van der Waals surface area contributed by atoms with Crippen LogP contribution < -0.4 is 5.32 Å². The zero-order valence-electron chi connectivity index (χ0n) is 18.0. The zero-order chi connectivity index (χ0) is 22.8. The van der Waals surface area contributed by atoms with Crippen molar-refractivity contribution in [3.63, 3.8) is 0 Å². The highest BCUT2D eigenvalue weighted by molar-refractivity contribution is 6.12. The predicted octanol–water partition coefficient (Wildman–Crippen LogP) is 5.47. The van der Waals surface area contributed by atoms with Gasteiger partial charge in [-0.3, -0.25) is 9.59 Å². The van der Waals surface area contributed by atoms with Gasteiger partial charge in [0.15, 0.2) is 5.78 Å². The van der Waals surface area contributed by atoms with Crippen LogP contribution in [-0.4, -0.2) is 22.8 Å². The number of carbonyl (C=O) groups is 3. The Kier molecular flexibility index (Phi) is 6.07. The van der Waals surface area contributed by atoms with Crippen molar-refractivity contribution in [1.82, 2.24) is 0 Å². The molecule has 0 fully saturated rings. The summed E-state index contributed by atoms with van der Waals surface area (Å²) in [6.07, 6.45) is 0. The van der Waals surface area contributed by atoms with Crippen LogP contribution in [0, 0.1) is 6.92 Å². The lowest BCUT2D eigenvalue weighted by atomic mass is 9.81. The molecule has 2 N–H and O–H groups in total. The lowest BCUT2D eigenvalue weighted by Crippen LogP contribution is -2.20. The highest BCUT2D eigenvalue weighted by Crippen LogP contribution is 2.29. The van der Waals surface area contributed by atoms with E-state index in [2.05, 4.69) is 5.32 Å². The summed E-state index contributed by atoms with van der Waals surface area (Å²) in [5.74, 6) is -1.54. The maximum Gasteiger partial charge on any atom is 0.335 e. The molecule has 5 nitrogen and oxygen atoms in total. The van der Waals surface area contributed by atoms with Crippen molar-refractivity contribution in [3.8, 4) is 0 Å². The number of carboxylic acid groups (broad SMARTS) is 1. The molecule has 0 unspecified atom stereocenters. The van der Waals surface area contributed by atoms with Crippen LogP contribution in [-0.2, 0) is 5.41 Å². The Bertz CT molecular complexity index is 1140. The van der Waals surface area contributed by atoms with E-state index in [0.717, 1.165) is 11.1 Å². The number of benzene rings is 3. The van der Waals surface area contributed by atoms with Crippen LogP contribution in [0.15, 0.2) is 66.7 Å². The summed E-state index contributed by atoms with van der Waals surface area (Å²) in [5, 5.41) is 11.8. The molecule has 0 spiro atoms. The van der Waals surface area contributed by atoms with Gasteiger partial charge in [-0.1, -0.05) is 56.7 Å². The molecule has 0 aromatic heterocycles. The molecule has 0 bridgehead atoms. The minimum Gasteiger partial charge on any atom is -0.478 e. The van der Waals surface area contributed by atoms with Crippen molar-refractivity contribution in [2.45, 2.75) is 33.1 Å². The molecule has 0 aliphatic rings. The summed E-state index contributed by atoms with van der Waals surface area (Å²) >= 11 is 0. The third kappa shape index (κ3) is 5.07. The molecule has 3 rings (SSSR count). The van der Waals surface area contributed by atoms with Crippen molar-refractivity contribution in [2.24, 2.45) is 0 Å². The molecule has 3 aromatic rings. The first kappa shape index (κ1) is 22.0. The Labute approximate surface area is 181 Å². The van der Waals surface area contributed by atoms with Crippen molar-refractivity contribution in [3.05, 3.63) is 100 Å². The summed E-state index contributed by atoms with van der Waals surface area (Å²) < 4.78 is 0. The van der Waals surface area contributed by atoms with Gasteiger partial charge in [-0.25, -0.2) is 4.79 Å². The Hall–Kier alpha value is -3.73. The van der Waals surface area contributed by atoms with E-state index in [0.29, 0.717) is 22.4 Å². The van der Waals surface area contributed by atoms with Crippen molar-refractivity contribution in [1.29, 1.82) is 0 Å². The molecular weight excluding hydrogens is 390 g/mol. The van der Waals surface area contributed by atoms with Gasteiger partial charge in [0.05, 0.1) is 5.56 Å². The van der Waals surface area contributed by atoms with Gasteiger partial charge in [-0.05, 0) is 54.3 Å². The monoisotopic (exact) mass is 415 g/mol. The number of carbonyl (C=O) groups excluding carboxylic acids is 2. The maximum absolute atomic E-state index is 13.3. The van der Waals surface area contributed by atoms with Crippen molar-refractivity contribution in [2.75, 3.05) is 5.32 Å². The summed E-state index contributed by atoms with van der Waals surface area (Å²) in [6.45, 7) is 8.04.